The number of nitrogens with zero attached hydrogens (tertiary/aromatic N) is 1. The Balaban J connectivity index is 2.22. The van der Waals surface area contributed by atoms with Crippen molar-refractivity contribution in [3.8, 4) is 0 Å². The molecule has 1 unspecified atom stereocenters. The first-order chi connectivity index (χ1) is 9.02. The highest BCUT2D eigenvalue weighted by Crippen LogP contribution is 2.30. The molecule has 4 nitrogen and oxygen atoms in total. The largest absolute Gasteiger partial charge is 0.366 e. The topological polar surface area (TPSA) is 63.4 Å². The molecule has 1 aliphatic rings. The van der Waals surface area contributed by atoms with Crippen molar-refractivity contribution in [1.82, 2.24) is 0 Å². The van der Waals surface area contributed by atoms with Crippen molar-refractivity contribution >= 4 is 17.5 Å². The van der Waals surface area contributed by atoms with Crippen LogP contribution in [0.15, 0.2) is 18.2 Å². The van der Waals surface area contributed by atoms with E-state index in [4.69, 9.17) is 5.73 Å². The molecule has 19 heavy (non-hydrogen) atoms. The second kappa shape index (κ2) is 5.43. The second-order valence-corrected chi connectivity index (χ2v) is 5.22. The standard InChI is InChI=1S/C15H20N2O2/c1-3-10(2)8-14(18)17-7-6-11-4-5-12(15(16)19)9-13(11)17/h4-5,9-10H,3,6-8H2,1-2H3,(H2,16,19). The summed E-state index contributed by atoms with van der Waals surface area (Å²) >= 11 is 0. The Bertz CT molecular complexity index is 511. The van der Waals surface area contributed by atoms with Gasteiger partial charge in [0.2, 0.25) is 11.8 Å². The van der Waals surface area contributed by atoms with E-state index in [1.165, 1.54) is 0 Å². The van der Waals surface area contributed by atoms with Gasteiger partial charge in [-0.15, -0.1) is 0 Å². The van der Waals surface area contributed by atoms with Crippen LogP contribution in [0, 0.1) is 5.92 Å². The van der Waals surface area contributed by atoms with E-state index in [0.29, 0.717) is 24.4 Å². The first kappa shape index (κ1) is 13.6. The molecule has 2 amide bonds. The average Bonchev–Trinajstić information content (AvgIpc) is 2.81. The number of amides is 2. The average molecular weight is 260 g/mol. The van der Waals surface area contributed by atoms with Crippen molar-refractivity contribution in [2.75, 3.05) is 11.4 Å². The number of fused-ring (bicyclic) bond motifs is 1. The van der Waals surface area contributed by atoms with Gasteiger partial charge in [-0.05, 0) is 30.0 Å². The van der Waals surface area contributed by atoms with E-state index >= 15 is 0 Å². The lowest BCUT2D eigenvalue weighted by molar-refractivity contribution is -0.119. The SMILES string of the molecule is CCC(C)CC(=O)N1CCc2ccc(C(N)=O)cc21. The lowest BCUT2D eigenvalue weighted by atomic mass is 10.0. The van der Waals surface area contributed by atoms with Gasteiger partial charge in [0, 0.05) is 24.2 Å². The summed E-state index contributed by atoms with van der Waals surface area (Å²) < 4.78 is 0. The molecule has 102 valence electrons. The van der Waals surface area contributed by atoms with Crippen LogP contribution in [0.2, 0.25) is 0 Å². The van der Waals surface area contributed by atoms with Gasteiger partial charge in [0.1, 0.15) is 0 Å². The van der Waals surface area contributed by atoms with Crippen molar-refractivity contribution in [3.05, 3.63) is 29.3 Å². The van der Waals surface area contributed by atoms with Crippen molar-refractivity contribution in [1.29, 1.82) is 0 Å². The smallest absolute Gasteiger partial charge is 0.248 e. The number of primary amides is 1. The molecule has 1 heterocycles. The fourth-order valence-corrected chi connectivity index (χ4v) is 2.34. The number of rotatable bonds is 4. The highest BCUT2D eigenvalue weighted by molar-refractivity contribution is 5.99. The molecule has 0 saturated heterocycles. The first-order valence-corrected chi connectivity index (χ1v) is 6.76. The van der Waals surface area contributed by atoms with Gasteiger partial charge >= 0.3 is 0 Å². The van der Waals surface area contributed by atoms with Crippen LogP contribution in [0.25, 0.3) is 0 Å². The van der Waals surface area contributed by atoms with Gasteiger partial charge < -0.3 is 10.6 Å². The normalized spacial score (nSPS) is 15.2. The highest BCUT2D eigenvalue weighted by atomic mass is 16.2. The Morgan fingerprint density at radius 1 is 1.42 bits per heavy atom. The molecule has 2 rings (SSSR count). The Labute approximate surface area is 113 Å². The third kappa shape index (κ3) is 2.78. The van der Waals surface area contributed by atoms with E-state index < -0.39 is 5.91 Å². The Hall–Kier alpha value is -1.84. The number of hydrogen-bond donors (Lipinski definition) is 1. The van der Waals surface area contributed by atoms with Crippen LogP contribution < -0.4 is 10.6 Å². The minimum Gasteiger partial charge on any atom is -0.366 e. The summed E-state index contributed by atoms with van der Waals surface area (Å²) in [5.74, 6) is 0.0645. The van der Waals surface area contributed by atoms with Gasteiger partial charge in [-0.2, -0.15) is 0 Å². The lowest BCUT2D eigenvalue weighted by Crippen LogP contribution is -2.30. The van der Waals surface area contributed by atoms with Crippen molar-refractivity contribution < 1.29 is 9.59 Å². The monoisotopic (exact) mass is 260 g/mol. The summed E-state index contributed by atoms with van der Waals surface area (Å²) in [6, 6.07) is 5.36. The van der Waals surface area contributed by atoms with Gasteiger partial charge in [-0.3, -0.25) is 9.59 Å². The summed E-state index contributed by atoms with van der Waals surface area (Å²) in [4.78, 5) is 25.3. The number of carbonyl (C=O) groups is 2. The maximum atomic E-state index is 12.3. The molecule has 4 heteroatoms. The quantitative estimate of drug-likeness (QED) is 0.901. The zero-order chi connectivity index (χ0) is 14.0. The number of hydrogen-bond acceptors (Lipinski definition) is 2. The molecular formula is C15H20N2O2. The molecular weight excluding hydrogens is 240 g/mol. The van der Waals surface area contributed by atoms with Gasteiger partial charge in [0.05, 0.1) is 0 Å². The van der Waals surface area contributed by atoms with Crippen LogP contribution in [0.5, 0.6) is 0 Å². The third-order valence-electron chi connectivity index (χ3n) is 3.79. The van der Waals surface area contributed by atoms with Gasteiger partial charge in [0.25, 0.3) is 0 Å². The fraction of sp³-hybridized carbons (Fsp3) is 0.467. The molecule has 0 fully saturated rings. The molecule has 0 spiro atoms. The summed E-state index contributed by atoms with van der Waals surface area (Å²) in [5, 5.41) is 0. The molecule has 1 atom stereocenters. The summed E-state index contributed by atoms with van der Waals surface area (Å²) in [6.45, 7) is 4.86. The zero-order valence-corrected chi connectivity index (χ0v) is 11.5. The van der Waals surface area contributed by atoms with Crippen LogP contribution in [-0.4, -0.2) is 18.4 Å². The van der Waals surface area contributed by atoms with Crippen molar-refractivity contribution in [3.63, 3.8) is 0 Å². The summed E-state index contributed by atoms with van der Waals surface area (Å²) in [5.41, 5.74) is 7.71. The van der Waals surface area contributed by atoms with Crippen molar-refractivity contribution in [2.24, 2.45) is 11.7 Å². The summed E-state index contributed by atoms with van der Waals surface area (Å²) in [7, 11) is 0. The zero-order valence-electron chi connectivity index (χ0n) is 11.5. The molecule has 0 aromatic heterocycles. The Kier molecular flexibility index (Phi) is 3.88. The molecule has 2 N–H and O–H groups in total. The fourth-order valence-electron chi connectivity index (χ4n) is 2.34. The molecule has 0 aliphatic carbocycles. The van der Waals surface area contributed by atoms with Crippen LogP contribution in [-0.2, 0) is 11.2 Å². The van der Waals surface area contributed by atoms with E-state index in [9.17, 15) is 9.59 Å². The number of carbonyl (C=O) groups excluding carboxylic acids is 2. The van der Waals surface area contributed by atoms with Crippen LogP contribution >= 0.6 is 0 Å². The first-order valence-electron chi connectivity index (χ1n) is 6.76. The molecule has 1 aliphatic heterocycles. The molecule has 1 aromatic carbocycles. The van der Waals surface area contributed by atoms with Crippen LogP contribution in [0.4, 0.5) is 5.69 Å². The maximum absolute atomic E-state index is 12.3. The lowest BCUT2D eigenvalue weighted by Gasteiger charge is -2.19. The summed E-state index contributed by atoms with van der Waals surface area (Å²) in [6.07, 6.45) is 2.39. The third-order valence-corrected chi connectivity index (χ3v) is 3.79. The van der Waals surface area contributed by atoms with Crippen molar-refractivity contribution in [2.45, 2.75) is 33.1 Å². The highest BCUT2D eigenvalue weighted by Gasteiger charge is 2.25. The van der Waals surface area contributed by atoms with E-state index in [1.54, 1.807) is 17.0 Å². The van der Waals surface area contributed by atoms with E-state index in [1.807, 2.05) is 6.07 Å². The predicted molar refractivity (Wildman–Crippen MR) is 75.1 cm³/mol. The molecule has 0 saturated carbocycles. The van der Waals surface area contributed by atoms with E-state index in [-0.39, 0.29) is 5.91 Å². The predicted octanol–water partition coefficient (Wildman–Crippen LogP) is 2.11. The second-order valence-electron chi connectivity index (χ2n) is 5.22. The minimum absolute atomic E-state index is 0.134. The minimum atomic E-state index is -0.455. The van der Waals surface area contributed by atoms with Gasteiger partial charge in [-0.1, -0.05) is 26.3 Å². The number of nitrogens with two attached hydrogens (primary N) is 1. The van der Waals surface area contributed by atoms with E-state index in [2.05, 4.69) is 13.8 Å². The Morgan fingerprint density at radius 2 is 2.16 bits per heavy atom. The molecule has 0 radical (unpaired) electrons. The van der Waals surface area contributed by atoms with Crippen LogP contribution in [0.1, 0.15) is 42.6 Å². The van der Waals surface area contributed by atoms with E-state index in [0.717, 1.165) is 24.1 Å². The molecule has 1 aromatic rings. The maximum Gasteiger partial charge on any atom is 0.248 e. The number of anilines is 1. The van der Waals surface area contributed by atoms with Gasteiger partial charge in [0.15, 0.2) is 0 Å². The Morgan fingerprint density at radius 3 is 2.79 bits per heavy atom. The van der Waals surface area contributed by atoms with Crippen LogP contribution in [0.3, 0.4) is 0 Å². The molecule has 0 bridgehead atoms. The number of benzene rings is 1. The van der Waals surface area contributed by atoms with Gasteiger partial charge in [-0.25, -0.2) is 0 Å².